The van der Waals surface area contributed by atoms with Crippen molar-refractivity contribution in [2.24, 2.45) is 0 Å². The number of benzene rings is 2. The minimum absolute atomic E-state index is 0.246. The van der Waals surface area contributed by atoms with Gasteiger partial charge in [0.05, 0.1) is 6.61 Å². The summed E-state index contributed by atoms with van der Waals surface area (Å²) in [6, 6.07) is 12.1. The van der Waals surface area contributed by atoms with Crippen LogP contribution < -0.4 is 0 Å². The molecule has 4 heteroatoms. The summed E-state index contributed by atoms with van der Waals surface area (Å²) in [6.07, 6.45) is 0. The zero-order chi connectivity index (χ0) is 13.4. The van der Waals surface area contributed by atoms with Gasteiger partial charge < -0.3 is 4.74 Å². The van der Waals surface area contributed by atoms with Crippen molar-refractivity contribution in [3.8, 4) is 0 Å². The summed E-state index contributed by atoms with van der Waals surface area (Å²) in [5.74, 6) is -0.246. The second-order valence-corrected chi connectivity index (χ2v) is 6.06. The second kappa shape index (κ2) is 4.94. The van der Waals surface area contributed by atoms with E-state index in [1.807, 2.05) is 25.1 Å². The maximum absolute atomic E-state index is 11.8. The zero-order valence-corrected chi connectivity index (χ0v) is 12.7. The fourth-order valence-electron chi connectivity index (χ4n) is 2.13. The number of carbonyl (C=O) groups excluding carboxylic acids is 1. The molecule has 0 unspecified atom stereocenters. The predicted molar refractivity (Wildman–Crippen MR) is 83.0 cm³/mol. The largest absolute Gasteiger partial charge is 0.462 e. The van der Waals surface area contributed by atoms with E-state index in [2.05, 4.69) is 34.1 Å². The van der Waals surface area contributed by atoms with E-state index in [4.69, 9.17) is 4.74 Å². The van der Waals surface area contributed by atoms with Gasteiger partial charge in [-0.3, -0.25) is 0 Å². The van der Waals surface area contributed by atoms with E-state index in [1.165, 1.54) is 11.3 Å². The maximum atomic E-state index is 11.8. The SMILES string of the molecule is CCOC(=O)c1cc2cc(Br)c3ccccc3c2s1. The molecule has 2 nitrogen and oxygen atoms in total. The van der Waals surface area contributed by atoms with Crippen LogP contribution in [0.15, 0.2) is 40.9 Å². The molecule has 96 valence electrons. The Morgan fingerprint density at radius 2 is 2.00 bits per heavy atom. The third kappa shape index (κ3) is 2.15. The Hall–Kier alpha value is -1.39. The van der Waals surface area contributed by atoms with Gasteiger partial charge in [-0.1, -0.05) is 40.2 Å². The monoisotopic (exact) mass is 334 g/mol. The van der Waals surface area contributed by atoms with Gasteiger partial charge in [0.2, 0.25) is 0 Å². The minimum atomic E-state index is -0.246. The number of halogens is 1. The Kier molecular flexibility index (Phi) is 3.29. The molecule has 0 N–H and O–H groups in total. The van der Waals surface area contributed by atoms with Gasteiger partial charge in [-0.2, -0.15) is 0 Å². The summed E-state index contributed by atoms with van der Waals surface area (Å²) < 4.78 is 7.23. The van der Waals surface area contributed by atoms with Gasteiger partial charge in [-0.05, 0) is 29.8 Å². The number of hydrogen-bond donors (Lipinski definition) is 0. The molecule has 0 aliphatic heterocycles. The van der Waals surface area contributed by atoms with E-state index in [0.717, 1.165) is 25.3 Å². The van der Waals surface area contributed by atoms with Crippen molar-refractivity contribution < 1.29 is 9.53 Å². The highest BCUT2D eigenvalue weighted by Gasteiger charge is 2.14. The van der Waals surface area contributed by atoms with Crippen LogP contribution in [0, 0.1) is 0 Å². The van der Waals surface area contributed by atoms with Crippen LogP contribution in [-0.4, -0.2) is 12.6 Å². The van der Waals surface area contributed by atoms with Crippen LogP contribution in [0.25, 0.3) is 20.9 Å². The Balaban J connectivity index is 2.28. The van der Waals surface area contributed by atoms with E-state index in [1.54, 1.807) is 0 Å². The number of carbonyl (C=O) groups is 1. The molecule has 0 aliphatic carbocycles. The highest BCUT2D eigenvalue weighted by molar-refractivity contribution is 9.10. The molecule has 1 aromatic heterocycles. The summed E-state index contributed by atoms with van der Waals surface area (Å²) >= 11 is 5.07. The fraction of sp³-hybridized carbons (Fsp3) is 0.133. The number of hydrogen-bond acceptors (Lipinski definition) is 3. The number of ether oxygens (including phenoxy) is 1. The van der Waals surface area contributed by atoms with Gasteiger partial charge in [0.25, 0.3) is 0 Å². The van der Waals surface area contributed by atoms with Crippen molar-refractivity contribution in [2.45, 2.75) is 6.92 Å². The molecular formula is C15H11BrO2S. The molecular weight excluding hydrogens is 324 g/mol. The highest BCUT2D eigenvalue weighted by Crippen LogP contribution is 2.37. The third-order valence-corrected chi connectivity index (χ3v) is 4.77. The zero-order valence-electron chi connectivity index (χ0n) is 10.3. The standard InChI is InChI=1S/C15H11BrO2S/c1-2-18-15(17)13-8-9-7-12(16)10-5-3-4-6-11(10)14(9)19-13/h3-8H,2H2,1H3. The third-order valence-electron chi connectivity index (χ3n) is 2.95. The number of esters is 1. The van der Waals surface area contributed by atoms with Crippen LogP contribution in [-0.2, 0) is 4.74 Å². The van der Waals surface area contributed by atoms with Crippen molar-refractivity contribution in [1.82, 2.24) is 0 Å². The van der Waals surface area contributed by atoms with Crippen molar-refractivity contribution in [3.05, 3.63) is 45.7 Å². The van der Waals surface area contributed by atoms with Gasteiger partial charge >= 0.3 is 5.97 Å². The van der Waals surface area contributed by atoms with E-state index in [0.29, 0.717) is 11.5 Å². The lowest BCUT2D eigenvalue weighted by Gasteiger charge is -2.01. The summed E-state index contributed by atoms with van der Waals surface area (Å²) in [6.45, 7) is 2.22. The average molecular weight is 335 g/mol. The molecule has 0 aliphatic rings. The normalized spacial score (nSPS) is 11.1. The van der Waals surface area contributed by atoms with E-state index in [-0.39, 0.29) is 5.97 Å². The lowest BCUT2D eigenvalue weighted by molar-refractivity contribution is 0.0532. The summed E-state index contributed by atoms with van der Waals surface area (Å²) in [7, 11) is 0. The second-order valence-electron chi connectivity index (χ2n) is 4.15. The van der Waals surface area contributed by atoms with Crippen molar-refractivity contribution >= 4 is 54.1 Å². The molecule has 0 spiro atoms. The quantitative estimate of drug-likeness (QED) is 0.617. The molecule has 3 rings (SSSR count). The minimum Gasteiger partial charge on any atom is -0.462 e. The van der Waals surface area contributed by atoms with Crippen molar-refractivity contribution in [2.75, 3.05) is 6.61 Å². The molecule has 2 aromatic carbocycles. The number of thiophene rings is 1. The van der Waals surface area contributed by atoms with Gasteiger partial charge in [-0.15, -0.1) is 11.3 Å². The molecule has 0 saturated carbocycles. The first-order chi connectivity index (χ1) is 9.20. The van der Waals surface area contributed by atoms with Crippen LogP contribution in [0.3, 0.4) is 0 Å². The molecule has 0 saturated heterocycles. The first-order valence-corrected chi connectivity index (χ1v) is 7.59. The molecule has 0 atom stereocenters. The number of rotatable bonds is 2. The summed E-state index contributed by atoms with van der Waals surface area (Å²) in [4.78, 5) is 12.5. The Labute approximate surface area is 123 Å². The molecule has 3 aromatic rings. The van der Waals surface area contributed by atoms with E-state index >= 15 is 0 Å². The van der Waals surface area contributed by atoms with E-state index < -0.39 is 0 Å². The van der Waals surface area contributed by atoms with Gasteiger partial charge in [0.1, 0.15) is 4.88 Å². The van der Waals surface area contributed by atoms with Crippen molar-refractivity contribution in [3.63, 3.8) is 0 Å². The molecule has 19 heavy (non-hydrogen) atoms. The summed E-state index contributed by atoms with van der Waals surface area (Å²) in [5, 5.41) is 3.39. The van der Waals surface area contributed by atoms with Gasteiger partial charge in [-0.25, -0.2) is 4.79 Å². The highest BCUT2D eigenvalue weighted by atomic mass is 79.9. The molecule has 1 heterocycles. The van der Waals surface area contributed by atoms with Crippen LogP contribution in [0.2, 0.25) is 0 Å². The van der Waals surface area contributed by atoms with Gasteiger partial charge in [0, 0.05) is 14.6 Å². The first-order valence-electron chi connectivity index (χ1n) is 5.98. The van der Waals surface area contributed by atoms with E-state index in [9.17, 15) is 4.79 Å². The Bertz CT molecular complexity index is 776. The molecule has 0 bridgehead atoms. The first kappa shape index (κ1) is 12.6. The van der Waals surface area contributed by atoms with Crippen LogP contribution in [0.1, 0.15) is 16.6 Å². The predicted octanol–water partition coefficient (Wildman–Crippen LogP) is 4.99. The van der Waals surface area contributed by atoms with Crippen LogP contribution >= 0.6 is 27.3 Å². The molecule has 0 radical (unpaired) electrons. The smallest absolute Gasteiger partial charge is 0.348 e. The summed E-state index contributed by atoms with van der Waals surface area (Å²) in [5.41, 5.74) is 0. The molecule has 0 fully saturated rings. The number of fused-ring (bicyclic) bond motifs is 3. The lowest BCUT2D eigenvalue weighted by atomic mass is 10.1. The van der Waals surface area contributed by atoms with Gasteiger partial charge in [0.15, 0.2) is 0 Å². The average Bonchev–Trinajstić information content (AvgIpc) is 2.83. The topological polar surface area (TPSA) is 26.3 Å². The Morgan fingerprint density at radius 3 is 2.74 bits per heavy atom. The van der Waals surface area contributed by atoms with Crippen LogP contribution in [0.5, 0.6) is 0 Å². The maximum Gasteiger partial charge on any atom is 0.348 e. The fourth-order valence-corrected chi connectivity index (χ4v) is 3.79. The molecule has 0 amide bonds. The lowest BCUT2D eigenvalue weighted by Crippen LogP contribution is -2.01. The van der Waals surface area contributed by atoms with Crippen LogP contribution in [0.4, 0.5) is 0 Å². The van der Waals surface area contributed by atoms with Crippen molar-refractivity contribution in [1.29, 1.82) is 0 Å². The Morgan fingerprint density at radius 1 is 1.26 bits per heavy atom.